The number of carbonyl (C=O) groups is 2. The van der Waals surface area contributed by atoms with Crippen LogP contribution < -0.4 is 5.63 Å². The second-order valence-corrected chi connectivity index (χ2v) is 8.29. The molecule has 0 saturated carbocycles. The number of aromatic hydroxyl groups is 2. The van der Waals surface area contributed by atoms with Gasteiger partial charge in [-0.15, -0.1) is 0 Å². The van der Waals surface area contributed by atoms with Crippen LogP contribution in [0.25, 0.3) is 11.0 Å². The van der Waals surface area contributed by atoms with Gasteiger partial charge in [-0.1, -0.05) is 32.4 Å². The van der Waals surface area contributed by atoms with E-state index in [2.05, 4.69) is 0 Å². The Hall–Kier alpha value is -3.09. The molecule has 2 N–H and O–H groups in total. The van der Waals surface area contributed by atoms with Crippen molar-refractivity contribution in [2.75, 3.05) is 0 Å². The molecule has 1 unspecified atom stereocenters. The van der Waals surface area contributed by atoms with Crippen molar-refractivity contribution in [3.05, 3.63) is 44.8 Å². The van der Waals surface area contributed by atoms with Crippen molar-refractivity contribution < 1.29 is 29.0 Å². The molecule has 2 aromatic rings. The van der Waals surface area contributed by atoms with E-state index < -0.39 is 29.2 Å². The molecule has 1 atom stereocenters. The number of fused-ring (bicyclic) bond motifs is 1. The number of phenolic OH excluding ortho intramolecular Hbond substituents is 2. The topological polar surface area (TPSA) is 114 Å². The van der Waals surface area contributed by atoms with Gasteiger partial charge in [-0.3, -0.25) is 9.59 Å². The van der Waals surface area contributed by atoms with Crippen LogP contribution in [-0.4, -0.2) is 22.0 Å². The molecule has 31 heavy (non-hydrogen) atoms. The molecule has 1 aromatic heterocycles. The van der Waals surface area contributed by atoms with E-state index in [-0.39, 0.29) is 52.2 Å². The molecular formula is C24H30O7. The number of benzene rings is 1. The molecular weight excluding hydrogens is 400 g/mol. The molecule has 0 aliphatic rings. The highest BCUT2D eigenvalue weighted by Crippen LogP contribution is 2.44. The predicted octanol–water partition coefficient (Wildman–Crippen LogP) is 4.96. The Morgan fingerprint density at radius 2 is 1.81 bits per heavy atom. The highest BCUT2D eigenvalue weighted by atomic mass is 16.5. The standard InChI is InChI=1S/C24H30O7/c1-7-18(30-14(6)25)16-11-19(27)31-24-20(16)22(28)15(9-8-12(2)3)23(29)21(24)17(26)10-13(4)5/h8,11,13,18,28-29H,7,9-10H2,1-6H3. The largest absolute Gasteiger partial charge is 0.507 e. The second-order valence-electron chi connectivity index (χ2n) is 8.29. The van der Waals surface area contributed by atoms with Gasteiger partial charge in [-0.25, -0.2) is 4.79 Å². The van der Waals surface area contributed by atoms with Crippen LogP contribution in [0.15, 0.2) is 26.9 Å². The van der Waals surface area contributed by atoms with Crippen molar-refractivity contribution in [1.29, 1.82) is 0 Å². The van der Waals surface area contributed by atoms with Crippen LogP contribution >= 0.6 is 0 Å². The molecule has 168 valence electrons. The van der Waals surface area contributed by atoms with Gasteiger partial charge in [0.15, 0.2) is 11.4 Å². The summed E-state index contributed by atoms with van der Waals surface area (Å²) >= 11 is 0. The number of allylic oxidation sites excluding steroid dienone is 2. The predicted molar refractivity (Wildman–Crippen MR) is 118 cm³/mol. The van der Waals surface area contributed by atoms with Gasteiger partial charge in [0.25, 0.3) is 0 Å². The van der Waals surface area contributed by atoms with Crippen LogP contribution in [-0.2, 0) is 16.0 Å². The summed E-state index contributed by atoms with van der Waals surface area (Å²) in [7, 11) is 0. The molecule has 2 rings (SSSR count). The van der Waals surface area contributed by atoms with E-state index in [4.69, 9.17) is 9.15 Å². The summed E-state index contributed by atoms with van der Waals surface area (Å²) < 4.78 is 10.7. The summed E-state index contributed by atoms with van der Waals surface area (Å²) in [6, 6.07) is 1.15. The van der Waals surface area contributed by atoms with Gasteiger partial charge in [0.05, 0.1) is 5.39 Å². The zero-order chi connectivity index (χ0) is 23.5. The fraction of sp³-hybridized carbons (Fsp3) is 0.458. The van der Waals surface area contributed by atoms with Gasteiger partial charge in [0, 0.05) is 30.5 Å². The molecule has 0 radical (unpaired) electrons. The van der Waals surface area contributed by atoms with Crippen molar-refractivity contribution in [2.45, 2.75) is 66.9 Å². The molecule has 7 nitrogen and oxygen atoms in total. The summed E-state index contributed by atoms with van der Waals surface area (Å²) in [6.45, 7) is 10.5. The average molecular weight is 430 g/mol. The van der Waals surface area contributed by atoms with Gasteiger partial charge in [0.1, 0.15) is 23.2 Å². The fourth-order valence-electron chi connectivity index (χ4n) is 3.51. The Morgan fingerprint density at radius 1 is 1.16 bits per heavy atom. The number of ketones is 1. The Bertz CT molecular complexity index is 1090. The first-order valence-corrected chi connectivity index (χ1v) is 10.4. The van der Waals surface area contributed by atoms with Crippen LogP contribution in [0.5, 0.6) is 11.5 Å². The van der Waals surface area contributed by atoms with E-state index in [0.29, 0.717) is 6.42 Å². The maximum absolute atomic E-state index is 13.0. The Balaban J connectivity index is 3.00. The SMILES string of the molecule is CCC(OC(C)=O)c1cc(=O)oc2c(C(=O)CC(C)C)c(O)c(CC=C(C)C)c(O)c12. The lowest BCUT2D eigenvalue weighted by Crippen LogP contribution is -2.14. The summed E-state index contributed by atoms with van der Waals surface area (Å²) in [5, 5.41) is 22.1. The number of hydrogen-bond donors (Lipinski definition) is 2. The van der Waals surface area contributed by atoms with Crippen molar-refractivity contribution in [3.63, 3.8) is 0 Å². The third-order valence-electron chi connectivity index (χ3n) is 4.88. The van der Waals surface area contributed by atoms with Crippen molar-refractivity contribution in [1.82, 2.24) is 0 Å². The van der Waals surface area contributed by atoms with Crippen molar-refractivity contribution in [2.24, 2.45) is 5.92 Å². The first-order chi connectivity index (χ1) is 14.5. The molecule has 7 heteroatoms. The second kappa shape index (κ2) is 9.81. The Morgan fingerprint density at radius 3 is 2.32 bits per heavy atom. The molecule has 0 amide bonds. The number of carbonyl (C=O) groups excluding carboxylic acids is 2. The van der Waals surface area contributed by atoms with Crippen LogP contribution in [0, 0.1) is 5.92 Å². The van der Waals surface area contributed by atoms with Gasteiger partial charge < -0.3 is 19.4 Å². The number of esters is 1. The lowest BCUT2D eigenvalue weighted by molar-refractivity contribution is -0.146. The maximum atomic E-state index is 13.0. The van der Waals surface area contributed by atoms with Crippen LogP contribution in [0.2, 0.25) is 0 Å². The summed E-state index contributed by atoms with van der Waals surface area (Å²) in [4.78, 5) is 37.0. The third-order valence-corrected chi connectivity index (χ3v) is 4.88. The number of rotatable bonds is 8. The molecule has 1 heterocycles. The zero-order valence-corrected chi connectivity index (χ0v) is 18.9. The lowest BCUT2D eigenvalue weighted by Gasteiger charge is -2.20. The van der Waals surface area contributed by atoms with Crippen molar-refractivity contribution in [3.8, 4) is 11.5 Å². The van der Waals surface area contributed by atoms with Crippen LogP contribution in [0.4, 0.5) is 0 Å². The summed E-state index contributed by atoms with van der Waals surface area (Å²) in [5.74, 6) is -1.68. The molecule has 0 saturated heterocycles. The molecule has 1 aromatic carbocycles. The van der Waals surface area contributed by atoms with Gasteiger partial charge >= 0.3 is 11.6 Å². The smallest absolute Gasteiger partial charge is 0.336 e. The van der Waals surface area contributed by atoms with E-state index in [1.165, 1.54) is 6.92 Å². The Labute approximate surface area is 181 Å². The van der Waals surface area contributed by atoms with Gasteiger partial charge in [0.2, 0.25) is 0 Å². The maximum Gasteiger partial charge on any atom is 0.336 e. The summed E-state index contributed by atoms with van der Waals surface area (Å²) in [5.41, 5.74) is 0.222. The van der Waals surface area contributed by atoms with Crippen molar-refractivity contribution >= 4 is 22.7 Å². The number of phenols is 2. The van der Waals surface area contributed by atoms with E-state index in [1.807, 2.05) is 27.7 Å². The van der Waals surface area contributed by atoms with Crippen LogP contribution in [0.1, 0.15) is 82.0 Å². The van der Waals surface area contributed by atoms with E-state index >= 15 is 0 Å². The molecule has 0 aliphatic heterocycles. The number of hydrogen-bond acceptors (Lipinski definition) is 7. The summed E-state index contributed by atoms with van der Waals surface area (Å²) in [6.07, 6.45) is 1.59. The van der Waals surface area contributed by atoms with Gasteiger partial charge in [-0.05, 0) is 32.6 Å². The minimum Gasteiger partial charge on any atom is -0.507 e. The fourth-order valence-corrected chi connectivity index (χ4v) is 3.51. The van der Waals surface area contributed by atoms with E-state index in [9.17, 15) is 24.6 Å². The lowest BCUT2D eigenvalue weighted by atomic mass is 9.91. The number of Topliss-reactive ketones (excluding diaryl/α,β-unsaturated/α-hetero) is 1. The highest BCUT2D eigenvalue weighted by Gasteiger charge is 2.29. The minimum atomic E-state index is -0.830. The zero-order valence-electron chi connectivity index (χ0n) is 18.9. The highest BCUT2D eigenvalue weighted by molar-refractivity contribution is 6.11. The van der Waals surface area contributed by atoms with Gasteiger partial charge in [-0.2, -0.15) is 0 Å². The molecule has 0 spiro atoms. The molecule has 0 fully saturated rings. The first-order valence-electron chi connectivity index (χ1n) is 10.4. The monoisotopic (exact) mass is 430 g/mol. The normalized spacial score (nSPS) is 12.1. The first kappa shape index (κ1) is 24.2. The number of ether oxygens (including phenoxy) is 1. The average Bonchev–Trinajstić information content (AvgIpc) is 2.64. The molecule has 0 bridgehead atoms. The quantitative estimate of drug-likeness (QED) is 0.263. The van der Waals surface area contributed by atoms with Crippen LogP contribution in [0.3, 0.4) is 0 Å². The molecule has 0 aliphatic carbocycles. The Kier molecular flexibility index (Phi) is 7.65. The minimum absolute atomic E-state index is 0.00340. The van der Waals surface area contributed by atoms with E-state index in [0.717, 1.165) is 11.6 Å². The third kappa shape index (κ3) is 5.34. The van der Waals surface area contributed by atoms with E-state index in [1.54, 1.807) is 13.0 Å².